The van der Waals surface area contributed by atoms with Crippen molar-refractivity contribution in [1.29, 1.82) is 0 Å². The maximum absolute atomic E-state index is 13.0. The smallest absolute Gasteiger partial charge is 0.312 e. The Bertz CT molecular complexity index is 943. The molecule has 0 saturated carbocycles. The van der Waals surface area contributed by atoms with Crippen molar-refractivity contribution in [2.24, 2.45) is 0 Å². The Morgan fingerprint density at radius 2 is 1.58 bits per heavy atom. The molecule has 0 bridgehead atoms. The van der Waals surface area contributed by atoms with Gasteiger partial charge >= 0.3 is 11.8 Å². The van der Waals surface area contributed by atoms with Gasteiger partial charge in [0.25, 0.3) is 0 Å². The zero-order chi connectivity index (χ0) is 22.6. The van der Waals surface area contributed by atoms with Gasteiger partial charge in [0.05, 0.1) is 4.90 Å². The lowest BCUT2D eigenvalue weighted by atomic mass is 10.2. The van der Waals surface area contributed by atoms with Crippen LogP contribution in [-0.2, 0) is 24.4 Å². The van der Waals surface area contributed by atoms with E-state index < -0.39 is 27.7 Å². The molecule has 0 radical (unpaired) electrons. The number of hydrogen-bond acceptors (Lipinski definition) is 6. The van der Waals surface area contributed by atoms with Crippen LogP contribution in [0, 0.1) is 0 Å². The van der Waals surface area contributed by atoms with Crippen molar-refractivity contribution >= 4 is 33.4 Å². The lowest BCUT2D eigenvalue weighted by molar-refractivity contribution is -0.156. The second-order valence-corrected chi connectivity index (χ2v) is 9.46. The highest BCUT2D eigenvalue weighted by molar-refractivity contribution is 7.89. The predicted octanol–water partition coefficient (Wildman–Crippen LogP) is -0.358. The minimum atomic E-state index is -3.66. The molecule has 170 valence electrons. The molecule has 10 nitrogen and oxygen atoms in total. The summed E-state index contributed by atoms with van der Waals surface area (Å²) < 4.78 is 27.4. The summed E-state index contributed by atoms with van der Waals surface area (Å²) in [5.41, 5.74) is 0.323. The molecule has 2 fully saturated rings. The number of hydrogen-bond donors (Lipinski definition) is 1. The van der Waals surface area contributed by atoms with Crippen LogP contribution >= 0.6 is 0 Å². The first kappa shape index (κ1) is 23.2. The van der Waals surface area contributed by atoms with Crippen molar-refractivity contribution in [2.75, 3.05) is 64.2 Å². The number of nitrogens with zero attached hydrogens (tertiary/aromatic N) is 4. The second kappa shape index (κ2) is 9.75. The van der Waals surface area contributed by atoms with Gasteiger partial charge in [-0.1, -0.05) is 13.0 Å². The minimum absolute atomic E-state index is 0.109. The van der Waals surface area contributed by atoms with E-state index in [1.165, 1.54) is 26.2 Å². The highest BCUT2D eigenvalue weighted by Crippen LogP contribution is 2.21. The van der Waals surface area contributed by atoms with Crippen molar-refractivity contribution in [3.8, 4) is 0 Å². The van der Waals surface area contributed by atoms with Crippen LogP contribution < -0.4 is 5.32 Å². The molecule has 1 aromatic carbocycles. The highest BCUT2D eigenvalue weighted by atomic mass is 32.2. The molecule has 0 aromatic heterocycles. The maximum Gasteiger partial charge on any atom is 0.312 e. The molecule has 0 aliphatic carbocycles. The van der Waals surface area contributed by atoms with Crippen LogP contribution in [0.5, 0.6) is 0 Å². The zero-order valence-corrected chi connectivity index (χ0v) is 18.7. The third-order valence-electron chi connectivity index (χ3n) is 5.65. The fraction of sp³-hybridized carbons (Fsp3) is 0.550. The summed E-state index contributed by atoms with van der Waals surface area (Å²) in [5.74, 6) is -1.80. The zero-order valence-electron chi connectivity index (χ0n) is 17.9. The lowest BCUT2D eigenvalue weighted by Gasteiger charge is -2.33. The summed E-state index contributed by atoms with van der Waals surface area (Å²) in [6.45, 7) is 7.78. The number of nitrogens with one attached hydrogen (secondary N) is 1. The molecule has 0 spiro atoms. The van der Waals surface area contributed by atoms with Crippen molar-refractivity contribution in [3.05, 3.63) is 24.3 Å². The average molecular weight is 452 g/mol. The Hall–Kier alpha value is -2.50. The SMILES string of the molecule is CCN1CCN(S(=O)(=O)c2cccc(NC(=O)CN3CCN(CC)C(=O)C3=O)c2)CC1. The van der Waals surface area contributed by atoms with Crippen molar-refractivity contribution in [2.45, 2.75) is 18.7 Å². The van der Waals surface area contributed by atoms with Gasteiger partial charge < -0.3 is 20.0 Å². The van der Waals surface area contributed by atoms with Crippen LogP contribution in [0.2, 0.25) is 0 Å². The van der Waals surface area contributed by atoms with Crippen LogP contribution in [-0.4, -0.2) is 104 Å². The van der Waals surface area contributed by atoms with Crippen LogP contribution in [0.1, 0.15) is 13.8 Å². The quantitative estimate of drug-likeness (QED) is 0.567. The average Bonchev–Trinajstić information content (AvgIpc) is 2.77. The third-order valence-corrected chi connectivity index (χ3v) is 7.54. The van der Waals surface area contributed by atoms with Gasteiger partial charge in [0.1, 0.15) is 6.54 Å². The van der Waals surface area contributed by atoms with E-state index in [0.717, 1.165) is 6.54 Å². The topological polar surface area (TPSA) is 110 Å². The monoisotopic (exact) mass is 451 g/mol. The van der Waals surface area contributed by atoms with Crippen molar-refractivity contribution in [3.63, 3.8) is 0 Å². The molecule has 3 amide bonds. The molecule has 2 aliphatic rings. The minimum Gasteiger partial charge on any atom is -0.333 e. The molecule has 11 heteroatoms. The third kappa shape index (κ3) is 5.23. The van der Waals surface area contributed by atoms with Crippen LogP contribution in [0.4, 0.5) is 5.69 Å². The van der Waals surface area contributed by atoms with Gasteiger partial charge in [-0.2, -0.15) is 4.31 Å². The van der Waals surface area contributed by atoms with E-state index >= 15 is 0 Å². The van der Waals surface area contributed by atoms with Gasteiger partial charge in [-0.05, 0) is 31.7 Å². The number of carbonyl (C=O) groups excluding carboxylic acids is 3. The Morgan fingerprint density at radius 1 is 0.935 bits per heavy atom. The first-order chi connectivity index (χ1) is 14.8. The van der Waals surface area contributed by atoms with Gasteiger partial charge in [-0.25, -0.2) is 8.42 Å². The summed E-state index contributed by atoms with van der Waals surface area (Å²) in [4.78, 5) is 41.5. The number of likely N-dealkylation sites (N-methyl/N-ethyl adjacent to an activating group) is 2. The molecular weight excluding hydrogens is 422 g/mol. The van der Waals surface area contributed by atoms with E-state index in [1.54, 1.807) is 19.1 Å². The number of carbonyl (C=O) groups is 3. The molecular formula is C20H29N5O5S. The molecule has 31 heavy (non-hydrogen) atoms. The molecule has 2 saturated heterocycles. The lowest BCUT2D eigenvalue weighted by Crippen LogP contribution is -2.55. The Balaban J connectivity index is 1.63. The first-order valence-corrected chi connectivity index (χ1v) is 11.9. The van der Waals surface area contributed by atoms with Gasteiger partial charge in [-0.15, -0.1) is 0 Å². The van der Waals surface area contributed by atoms with Crippen LogP contribution in [0.25, 0.3) is 0 Å². The largest absolute Gasteiger partial charge is 0.333 e. The molecule has 3 rings (SSSR count). The van der Waals surface area contributed by atoms with Gasteiger partial charge in [0.2, 0.25) is 15.9 Å². The summed E-state index contributed by atoms with van der Waals surface area (Å²) in [6.07, 6.45) is 0. The van der Waals surface area contributed by atoms with Crippen LogP contribution in [0.15, 0.2) is 29.2 Å². The highest BCUT2D eigenvalue weighted by Gasteiger charge is 2.33. The van der Waals surface area contributed by atoms with E-state index in [1.807, 2.05) is 6.92 Å². The van der Waals surface area contributed by atoms with Crippen molar-refractivity contribution in [1.82, 2.24) is 19.0 Å². The summed E-state index contributed by atoms with van der Waals surface area (Å²) >= 11 is 0. The summed E-state index contributed by atoms with van der Waals surface area (Å²) in [6, 6.07) is 6.08. The Kier molecular flexibility index (Phi) is 7.29. The van der Waals surface area contributed by atoms with Crippen molar-refractivity contribution < 1.29 is 22.8 Å². The fourth-order valence-electron chi connectivity index (χ4n) is 3.71. The predicted molar refractivity (Wildman–Crippen MR) is 115 cm³/mol. The van der Waals surface area contributed by atoms with E-state index in [4.69, 9.17) is 0 Å². The number of anilines is 1. The van der Waals surface area contributed by atoms with E-state index in [-0.39, 0.29) is 18.0 Å². The van der Waals surface area contributed by atoms with Gasteiger partial charge in [-0.3, -0.25) is 14.4 Å². The van der Waals surface area contributed by atoms with Gasteiger partial charge in [0.15, 0.2) is 0 Å². The van der Waals surface area contributed by atoms with E-state index in [0.29, 0.717) is 45.0 Å². The Morgan fingerprint density at radius 3 is 2.23 bits per heavy atom. The van der Waals surface area contributed by atoms with Crippen LogP contribution in [0.3, 0.4) is 0 Å². The Labute approximate surface area is 182 Å². The molecule has 0 unspecified atom stereocenters. The molecule has 2 heterocycles. The summed E-state index contributed by atoms with van der Waals surface area (Å²) in [7, 11) is -3.66. The van der Waals surface area contributed by atoms with E-state index in [2.05, 4.69) is 10.2 Å². The number of sulfonamides is 1. The number of amides is 3. The molecule has 2 aliphatic heterocycles. The molecule has 0 atom stereocenters. The molecule has 1 aromatic rings. The standard InChI is InChI=1S/C20H29N5O5S/c1-3-22-8-12-25(13-9-22)31(29,30)17-7-5-6-16(14-17)21-18(26)15-24-11-10-23(4-2)19(27)20(24)28/h5-7,14H,3-4,8-13,15H2,1-2H3,(H,21,26). The number of piperazine rings is 2. The fourth-order valence-corrected chi connectivity index (χ4v) is 5.18. The summed E-state index contributed by atoms with van der Waals surface area (Å²) in [5, 5.41) is 2.63. The first-order valence-electron chi connectivity index (χ1n) is 10.5. The normalized spacial score (nSPS) is 19.0. The molecule has 1 N–H and O–H groups in total. The van der Waals surface area contributed by atoms with E-state index in [9.17, 15) is 22.8 Å². The maximum atomic E-state index is 13.0. The number of rotatable bonds is 7. The van der Waals surface area contributed by atoms with Gasteiger partial charge in [0, 0.05) is 51.5 Å². The number of benzene rings is 1. The second-order valence-electron chi connectivity index (χ2n) is 7.53.